The standard InChI is InChI=1S/C16H19FN2/c1-2-19(15-6-4-3-5-7-15)16-9-8-14(17)12-13(16)10-11-18/h3-9,12H,2,10-11,18H2,1H3. The molecule has 2 nitrogen and oxygen atoms in total. The zero-order chi connectivity index (χ0) is 13.7. The van der Waals surface area contributed by atoms with Crippen molar-refractivity contribution in [3.8, 4) is 0 Å². The Hall–Kier alpha value is -1.87. The highest BCUT2D eigenvalue weighted by molar-refractivity contribution is 5.66. The van der Waals surface area contributed by atoms with Gasteiger partial charge >= 0.3 is 0 Å². The first kappa shape index (κ1) is 13.6. The van der Waals surface area contributed by atoms with Crippen LogP contribution >= 0.6 is 0 Å². The lowest BCUT2D eigenvalue weighted by Gasteiger charge is -2.26. The number of hydrogen-bond donors (Lipinski definition) is 1. The molecule has 0 aromatic heterocycles. The molecule has 0 aliphatic carbocycles. The quantitative estimate of drug-likeness (QED) is 0.889. The van der Waals surface area contributed by atoms with Gasteiger partial charge in [0.05, 0.1) is 0 Å². The van der Waals surface area contributed by atoms with Crippen molar-refractivity contribution in [2.24, 2.45) is 5.73 Å². The second kappa shape index (κ2) is 6.34. The molecule has 100 valence electrons. The maximum absolute atomic E-state index is 13.4. The predicted octanol–water partition coefficient (Wildman–Crippen LogP) is 3.48. The van der Waals surface area contributed by atoms with Crippen LogP contribution in [0.5, 0.6) is 0 Å². The summed E-state index contributed by atoms with van der Waals surface area (Å²) in [5.41, 5.74) is 8.71. The van der Waals surface area contributed by atoms with E-state index in [1.165, 1.54) is 6.07 Å². The Balaban J connectivity index is 2.43. The van der Waals surface area contributed by atoms with Crippen LogP contribution in [0.1, 0.15) is 12.5 Å². The van der Waals surface area contributed by atoms with Crippen LogP contribution in [0, 0.1) is 5.82 Å². The number of halogens is 1. The molecule has 19 heavy (non-hydrogen) atoms. The fourth-order valence-electron chi connectivity index (χ4n) is 2.27. The van der Waals surface area contributed by atoms with Crippen LogP contribution in [0.15, 0.2) is 48.5 Å². The van der Waals surface area contributed by atoms with Crippen LogP contribution in [0.3, 0.4) is 0 Å². The lowest BCUT2D eigenvalue weighted by molar-refractivity contribution is 0.625. The van der Waals surface area contributed by atoms with Crippen LogP contribution in [-0.2, 0) is 6.42 Å². The van der Waals surface area contributed by atoms with Crippen molar-refractivity contribution in [3.63, 3.8) is 0 Å². The van der Waals surface area contributed by atoms with E-state index in [1.807, 2.05) is 24.3 Å². The molecule has 0 bridgehead atoms. The minimum Gasteiger partial charge on any atom is -0.342 e. The zero-order valence-electron chi connectivity index (χ0n) is 11.1. The molecule has 2 aromatic carbocycles. The molecule has 0 radical (unpaired) electrons. The number of hydrogen-bond acceptors (Lipinski definition) is 2. The topological polar surface area (TPSA) is 29.3 Å². The molecule has 2 aromatic rings. The van der Waals surface area contributed by atoms with Crippen LogP contribution in [0.4, 0.5) is 15.8 Å². The zero-order valence-corrected chi connectivity index (χ0v) is 11.1. The summed E-state index contributed by atoms with van der Waals surface area (Å²) in [4.78, 5) is 2.17. The number of anilines is 2. The first-order valence-electron chi connectivity index (χ1n) is 6.57. The van der Waals surface area contributed by atoms with E-state index in [1.54, 1.807) is 6.07 Å². The highest BCUT2D eigenvalue weighted by atomic mass is 19.1. The predicted molar refractivity (Wildman–Crippen MR) is 78.3 cm³/mol. The summed E-state index contributed by atoms with van der Waals surface area (Å²) < 4.78 is 13.4. The number of nitrogens with zero attached hydrogens (tertiary/aromatic N) is 1. The van der Waals surface area contributed by atoms with Crippen molar-refractivity contribution in [1.29, 1.82) is 0 Å². The lowest BCUT2D eigenvalue weighted by Crippen LogP contribution is -2.18. The Labute approximate surface area is 113 Å². The highest BCUT2D eigenvalue weighted by Gasteiger charge is 2.12. The van der Waals surface area contributed by atoms with Gasteiger partial charge in [0.1, 0.15) is 5.82 Å². The summed E-state index contributed by atoms with van der Waals surface area (Å²) in [7, 11) is 0. The van der Waals surface area contributed by atoms with Crippen molar-refractivity contribution in [2.75, 3.05) is 18.0 Å². The molecule has 0 saturated carbocycles. The number of para-hydroxylation sites is 1. The van der Waals surface area contributed by atoms with Gasteiger partial charge in [-0.25, -0.2) is 4.39 Å². The van der Waals surface area contributed by atoms with Crippen LogP contribution < -0.4 is 10.6 Å². The van der Waals surface area contributed by atoms with Gasteiger partial charge in [-0.15, -0.1) is 0 Å². The molecule has 0 spiro atoms. The van der Waals surface area contributed by atoms with E-state index in [2.05, 4.69) is 24.0 Å². The van der Waals surface area contributed by atoms with Crippen molar-refractivity contribution in [1.82, 2.24) is 0 Å². The van der Waals surface area contributed by atoms with Crippen LogP contribution in [-0.4, -0.2) is 13.1 Å². The third-order valence-electron chi connectivity index (χ3n) is 3.13. The molecule has 0 heterocycles. The molecule has 0 amide bonds. The Morgan fingerprint density at radius 1 is 1.11 bits per heavy atom. The van der Waals surface area contributed by atoms with E-state index in [0.29, 0.717) is 13.0 Å². The van der Waals surface area contributed by atoms with E-state index in [4.69, 9.17) is 5.73 Å². The molecule has 0 saturated heterocycles. The van der Waals surface area contributed by atoms with E-state index in [-0.39, 0.29) is 5.82 Å². The number of rotatable bonds is 5. The molecule has 0 fully saturated rings. The Bertz CT molecular complexity index is 526. The third-order valence-corrected chi connectivity index (χ3v) is 3.13. The summed E-state index contributed by atoms with van der Waals surface area (Å²) in [5, 5.41) is 0. The SMILES string of the molecule is CCN(c1ccccc1)c1ccc(F)cc1CCN. The molecule has 0 unspecified atom stereocenters. The van der Waals surface area contributed by atoms with Gasteiger partial charge in [-0.2, -0.15) is 0 Å². The first-order valence-corrected chi connectivity index (χ1v) is 6.57. The average Bonchev–Trinajstić information content (AvgIpc) is 2.43. The Morgan fingerprint density at radius 3 is 2.47 bits per heavy atom. The molecular weight excluding hydrogens is 239 g/mol. The van der Waals surface area contributed by atoms with E-state index >= 15 is 0 Å². The minimum atomic E-state index is -0.212. The van der Waals surface area contributed by atoms with Crippen LogP contribution in [0.25, 0.3) is 0 Å². The third kappa shape index (κ3) is 3.12. The first-order chi connectivity index (χ1) is 9.26. The normalized spacial score (nSPS) is 10.5. The fraction of sp³-hybridized carbons (Fsp3) is 0.250. The second-order valence-corrected chi connectivity index (χ2v) is 4.39. The van der Waals surface area contributed by atoms with Gasteiger partial charge in [-0.1, -0.05) is 18.2 Å². The molecule has 0 atom stereocenters. The summed E-state index contributed by atoms with van der Waals surface area (Å²) in [6.07, 6.45) is 0.677. The molecular formula is C16H19FN2. The van der Waals surface area contributed by atoms with Crippen molar-refractivity contribution < 1.29 is 4.39 Å². The Kier molecular flexibility index (Phi) is 4.53. The summed E-state index contributed by atoms with van der Waals surface area (Å²) in [5.74, 6) is -0.212. The summed E-state index contributed by atoms with van der Waals surface area (Å²) in [6, 6.07) is 15.0. The molecule has 2 rings (SSSR count). The monoisotopic (exact) mass is 258 g/mol. The maximum atomic E-state index is 13.4. The second-order valence-electron chi connectivity index (χ2n) is 4.39. The van der Waals surface area contributed by atoms with E-state index in [0.717, 1.165) is 23.5 Å². The number of benzene rings is 2. The Morgan fingerprint density at radius 2 is 1.84 bits per heavy atom. The molecule has 0 aliphatic rings. The van der Waals surface area contributed by atoms with Crippen molar-refractivity contribution in [2.45, 2.75) is 13.3 Å². The van der Waals surface area contributed by atoms with Crippen molar-refractivity contribution >= 4 is 11.4 Å². The van der Waals surface area contributed by atoms with Gasteiger partial charge in [-0.05, 0) is 55.8 Å². The van der Waals surface area contributed by atoms with E-state index in [9.17, 15) is 4.39 Å². The number of nitrogens with two attached hydrogens (primary N) is 1. The minimum absolute atomic E-state index is 0.212. The van der Waals surface area contributed by atoms with E-state index < -0.39 is 0 Å². The average molecular weight is 258 g/mol. The van der Waals surface area contributed by atoms with Crippen molar-refractivity contribution in [3.05, 3.63) is 59.9 Å². The van der Waals surface area contributed by atoms with Gasteiger partial charge < -0.3 is 10.6 Å². The fourth-order valence-corrected chi connectivity index (χ4v) is 2.27. The molecule has 3 heteroatoms. The lowest BCUT2D eigenvalue weighted by atomic mass is 10.1. The van der Waals surface area contributed by atoms with Crippen LogP contribution in [0.2, 0.25) is 0 Å². The van der Waals surface area contributed by atoms with Gasteiger partial charge in [0.25, 0.3) is 0 Å². The summed E-state index contributed by atoms with van der Waals surface area (Å²) in [6.45, 7) is 3.43. The van der Waals surface area contributed by atoms with Gasteiger partial charge in [-0.3, -0.25) is 0 Å². The summed E-state index contributed by atoms with van der Waals surface area (Å²) >= 11 is 0. The smallest absolute Gasteiger partial charge is 0.123 e. The largest absolute Gasteiger partial charge is 0.342 e. The molecule has 0 aliphatic heterocycles. The molecule has 2 N–H and O–H groups in total. The maximum Gasteiger partial charge on any atom is 0.123 e. The van der Waals surface area contributed by atoms with Gasteiger partial charge in [0.15, 0.2) is 0 Å². The van der Waals surface area contributed by atoms with Gasteiger partial charge in [0, 0.05) is 17.9 Å². The highest BCUT2D eigenvalue weighted by Crippen LogP contribution is 2.29. The van der Waals surface area contributed by atoms with Gasteiger partial charge in [0.2, 0.25) is 0 Å².